The molecule has 0 saturated heterocycles. The molecule has 0 amide bonds. The van der Waals surface area contributed by atoms with Gasteiger partial charge in [0.15, 0.2) is 0 Å². The van der Waals surface area contributed by atoms with Crippen LogP contribution in [0, 0.1) is 0 Å². The maximum absolute atomic E-state index is 9.30. The second-order valence-electron chi connectivity index (χ2n) is 3.73. The molecular formula is C11H19N3O2. The lowest BCUT2D eigenvalue weighted by atomic mass is 9.98. The summed E-state index contributed by atoms with van der Waals surface area (Å²) in [4.78, 5) is 4.28. The zero-order valence-corrected chi connectivity index (χ0v) is 9.70. The minimum absolute atomic E-state index is 0.133. The summed E-state index contributed by atoms with van der Waals surface area (Å²) >= 11 is 0. The lowest BCUT2D eigenvalue weighted by Gasteiger charge is -2.30. The summed E-state index contributed by atoms with van der Waals surface area (Å²) in [6.07, 6.45) is 0.617. The summed E-state index contributed by atoms with van der Waals surface area (Å²) in [5.41, 5.74) is -0.709. The van der Waals surface area contributed by atoms with Crippen molar-refractivity contribution in [3.05, 3.63) is 18.2 Å². The van der Waals surface area contributed by atoms with Crippen LogP contribution in [0.3, 0.4) is 0 Å². The van der Waals surface area contributed by atoms with E-state index in [9.17, 15) is 10.2 Å². The molecule has 0 aromatic carbocycles. The van der Waals surface area contributed by atoms with Crippen molar-refractivity contribution in [2.75, 3.05) is 30.9 Å². The Hall–Kier alpha value is -1.33. The van der Waals surface area contributed by atoms with Crippen molar-refractivity contribution in [1.82, 2.24) is 4.98 Å². The largest absolute Gasteiger partial charge is 0.394 e. The third-order valence-corrected chi connectivity index (χ3v) is 2.68. The number of aliphatic hydroxyl groups excluding tert-OH is 2. The monoisotopic (exact) mass is 225 g/mol. The minimum atomic E-state index is -0.709. The predicted molar refractivity (Wildman–Crippen MR) is 64.6 cm³/mol. The molecule has 1 aromatic rings. The van der Waals surface area contributed by atoms with E-state index < -0.39 is 5.54 Å². The van der Waals surface area contributed by atoms with Gasteiger partial charge in [-0.15, -0.1) is 0 Å². The Morgan fingerprint density at radius 2 is 1.88 bits per heavy atom. The Bertz CT molecular complexity index is 318. The normalized spacial score (nSPS) is 11.2. The van der Waals surface area contributed by atoms with Gasteiger partial charge in [-0.2, -0.15) is 0 Å². The van der Waals surface area contributed by atoms with Gasteiger partial charge >= 0.3 is 0 Å². The molecule has 5 heteroatoms. The zero-order valence-electron chi connectivity index (χ0n) is 9.70. The standard InChI is InChI=1S/C11H19N3O2/c1-3-11(7-15,8-16)14-10-6-4-5-9(12-2)13-10/h4-6,15-16H,3,7-8H2,1-2H3,(H2,12,13,14). The second kappa shape index (κ2) is 5.67. The maximum atomic E-state index is 9.30. The van der Waals surface area contributed by atoms with Gasteiger partial charge in [-0.1, -0.05) is 13.0 Å². The highest BCUT2D eigenvalue weighted by molar-refractivity contribution is 5.46. The minimum Gasteiger partial charge on any atom is -0.394 e. The lowest BCUT2D eigenvalue weighted by Crippen LogP contribution is -2.45. The van der Waals surface area contributed by atoms with Gasteiger partial charge in [0.05, 0.1) is 18.8 Å². The van der Waals surface area contributed by atoms with Gasteiger partial charge in [-0.05, 0) is 18.6 Å². The molecule has 0 aliphatic carbocycles. The summed E-state index contributed by atoms with van der Waals surface area (Å²) < 4.78 is 0. The first-order chi connectivity index (χ1) is 7.69. The Morgan fingerprint density at radius 3 is 2.38 bits per heavy atom. The SMILES string of the molecule is CCC(CO)(CO)Nc1cccc(NC)n1. The van der Waals surface area contributed by atoms with E-state index in [2.05, 4.69) is 15.6 Å². The van der Waals surface area contributed by atoms with Crippen molar-refractivity contribution in [1.29, 1.82) is 0 Å². The van der Waals surface area contributed by atoms with Crippen LogP contribution in [0.5, 0.6) is 0 Å². The van der Waals surface area contributed by atoms with E-state index in [1.165, 1.54) is 0 Å². The highest BCUT2D eigenvalue weighted by atomic mass is 16.3. The van der Waals surface area contributed by atoms with E-state index in [-0.39, 0.29) is 13.2 Å². The zero-order chi connectivity index (χ0) is 12.0. The van der Waals surface area contributed by atoms with Gasteiger partial charge in [0, 0.05) is 7.05 Å². The molecule has 0 radical (unpaired) electrons. The first kappa shape index (κ1) is 12.7. The maximum Gasteiger partial charge on any atom is 0.128 e. The number of hydrogen-bond donors (Lipinski definition) is 4. The molecule has 0 bridgehead atoms. The van der Waals surface area contributed by atoms with Crippen molar-refractivity contribution in [2.45, 2.75) is 18.9 Å². The van der Waals surface area contributed by atoms with Crippen molar-refractivity contribution in [3.63, 3.8) is 0 Å². The highest BCUT2D eigenvalue weighted by Gasteiger charge is 2.26. The van der Waals surface area contributed by atoms with Crippen LogP contribution in [-0.2, 0) is 0 Å². The molecule has 1 heterocycles. The Labute approximate surface area is 95.5 Å². The number of rotatable bonds is 6. The van der Waals surface area contributed by atoms with Gasteiger partial charge in [0.25, 0.3) is 0 Å². The highest BCUT2D eigenvalue weighted by Crippen LogP contribution is 2.17. The molecule has 1 rings (SSSR count). The molecule has 0 fully saturated rings. The third-order valence-electron chi connectivity index (χ3n) is 2.68. The number of pyridine rings is 1. The third kappa shape index (κ3) is 2.84. The average Bonchev–Trinajstić information content (AvgIpc) is 2.36. The van der Waals surface area contributed by atoms with Crippen molar-refractivity contribution in [3.8, 4) is 0 Å². The van der Waals surface area contributed by atoms with E-state index in [1.807, 2.05) is 19.1 Å². The molecule has 1 aromatic heterocycles. The van der Waals surface area contributed by atoms with E-state index in [4.69, 9.17) is 0 Å². The Balaban J connectivity index is 2.84. The second-order valence-corrected chi connectivity index (χ2v) is 3.73. The molecule has 0 aliphatic heterocycles. The smallest absolute Gasteiger partial charge is 0.128 e. The Kier molecular flexibility index (Phi) is 4.52. The molecule has 0 spiro atoms. The first-order valence-corrected chi connectivity index (χ1v) is 5.34. The summed E-state index contributed by atoms with van der Waals surface area (Å²) in [7, 11) is 1.79. The van der Waals surface area contributed by atoms with E-state index >= 15 is 0 Å². The van der Waals surface area contributed by atoms with Gasteiger partial charge in [0.1, 0.15) is 11.6 Å². The fourth-order valence-corrected chi connectivity index (χ4v) is 1.36. The number of aliphatic hydroxyl groups is 2. The van der Waals surface area contributed by atoms with Gasteiger partial charge < -0.3 is 20.8 Å². The summed E-state index contributed by atoms with van der Waals surface area (Å²) in [5, 5.41) is 24.6. The molecule has 4 N–H and O–H groups in total. The summed E-state index contributed by atoms with van der Waals surface area (Å²) in [6, 6.07) is 5.50. The number of anilines is 2. The van der Waals surface area contributed by atoms with Crippen LogP contribution < -0.4 is 10.6 Å². The number of nitrogens with one attached hydrogen (secondary N) is 2. The van der Waals surface area contributed by atoms with Crippen LogP contribution in [0.2, 0.25) is 0 Å². The van der Waals surface area contributed by atoms with Crippen LogP contribution in [0.1, 0.15) is 13.3 Å². The number of aromatic nitrogens is 1. The van der Waals surface area contributed by atoms with Crippen LogP contribution in [0.4, 0.5) is 11.6 Å². The fraction of sp³-hybridized carbons (Fsp3) is 0.545. The van der Waals surface area contributed by atoms with E-state index in [0.717, 1.165) is 5.82 Å². The predicted octanol–water partition coefficient (Wildman–Crippen LogP) is 0.669. The van der Waals surface area contributed by atoms with Crippen LogP contribution in [0.25, 0.3) is 0 Å². The van der Waals surface area contributed by atoms with Gasteiger partial charge in [0.2, 0.25) is 0 Å². The number of hydrogen-bond acceptors (Lipinski definition) is 5. The van der Waals surface area contributed by atoms with E-state index in [0.29, 0.717) is 12.2 Å². The van der Waals surface area contributed by atoms with Gasteiger partial charge in [-0.25, -0.2) is 4.98 Å². The quantitative estimate of drug-likeness (QED) is 0.572. The molecular weight excluding hydrogens is 206 g/mol. The average molecular weight is 225 g/mol. The molecule has 0 atom stereocenters. The molecule has 5 nitrogen and oxygen atoms in total. The Morgan fingerprint density at radius 1 is 1.25 bits per heavy atom. The first-order valence-electron chi connectivity index (χ1n) is 5.34. The topological polar surface area (TPSA) is 77.4 Å². The molecule has 16 heavy (non-hydrogen) atoms. The number of nitrogens with zero attached hydrogens (tertiary/aromatic N) is 1. The summed E-state index contributed by atoms with van der Waals surface area (Å²) in [5.74, 6) is 1.38. The fourth-order valence-electron chi connectivity index (χ4n) is 1.36. The van der Waals surface area contributed by atoms with Crippen LogP contribution in [-0.4, -0.2) is 41.0 Å². The van der Waals surface area contributed by atoms with Crippen LogP contribution >= 0.6 is 0 Å². The van der Waals surface area contributed by atoms with Crippen LogP contribution in [0.15, 0.2) is 18.2 Å². The van der Waals surface area contributed by atoms with Crippen molar-refractivity contribution < 1.29 is 10.2 Å². The summed E-state index contributed by atoms with van der Waals surface area (Å²) in [6.45, 7) is 1.64. The van der Waals surface area contributed by atoms with Crippen molar-refractivity contribution in [2.24, 2.45) is 0 Å². The molecule has 0 saturated carbocycles. The molecule has 0 unspecified atom stereocenters. The van der Waals surface area contributed by atoms with E-state index in [1.54, 1.807) is 13.1 Å². The molecule has 0 aliphatic rings. The molecule has 90 valence electrons. The van der Waals surface area contributed by atoms with Gasteiger partial charge in [-0.3, -0.25) is 0 Å². The van der Waals surface area contributed by atoms with Crippen molar-refractivity contribution >= 4 is 11.6 Å². The lowest BCUT2D eigenvalue weighted by molar-refractivity contribution is 0.132.